The number of H-pyrrole nitrogens is 2. The summed E-state index contributed by atoms with van der Waals surface area (Å²) >= 11 is 0. The number of carbonyl (C=O) groups excluding carboxylic acids is 1. The zero-order valence-corrected chi connectivity index (χ0v) is 13.7. The standard InChI is InChI=1S/C19H15N5O2/c25-19(12-5-6-16-11(9-12)7-8-26-16)22-17-10-15(23-24-17)18-20-13-3-1-2-4-14(13)21-18/h1-6,9-10H,7-8H2,(H,20,21)(H2,22,23,24,25). The van der Waals surface area contributed by atoms with Gasteiger partial charge in [-0.1, -0.05) is 12.1 Å². The van der Waals surface area contributed by atoms with E-state index in [9.17, 15) is 4.79 Å². The first-order valence-corrected chi connectivity index (χ1v) is 8.34. The Morgan fingerprint density at radius 2 is 2.08 bits per heavy atom. The number of aromatic amines is 2. The Balaban J connectivity index is 1.37. The summed E-state index contributed by atoms with van der Waals surface area (Å²) in [6.07, 6.45) is 0.828. The molecule has 5 rings (SSSR count). The van der Waals surface area contributed by atoms with Crippen molar-refractivity contribution in [3.8, 4) is 17.3 Å². The molecular weight excluding hydrogens is 330 g/mol. The minimum atomic E-state index is -0.206. The van der Waals surface area contributed by atoms with Crippen LogP contribution in [0.4, 0.5) is 5.82 Å². The highest BCUT2D eigenvalue weighted by atomic mass is 16.5. The van der Waals surface area contributed by atoms with Crippen molar-refractivity contribution in [1.82, 2.24) is 20.2 Å². The molecule has 1 aliphatic heterocycles. The zero-order valence-electron chi connectivity index (χ0n) is 13.7. The van der Waals surface area contributed by atoms with Gasteiger partial charge in [0.05, 0.1) is 17.6 Å². The van der Waals surface area contributed by atoms with Gasteiger partial charge in [0.1, 0.15) is 11.4 Å². The second-order valence-corrected chi connectivity index (χ2v) is 6.14. The number of imidazole rings is 1. The lowest BCUT2D eigenvalue weighted by Crippen LogP contribution is -2.12. The Morgan fingerprint density at radius 1 is 1.15 bits per heavy atom. The fourth-order valence-electron chi connectivity index (χ4n) is 3.10. The number of anilines is 1. The van der Waals surface area contributed by atoms with Gasteiger partial charge in [0.25, 0.3) is 5.91 Å². The lowest BCUT2D eigenvalue weighted by molar-refractivity contribution is 0.102. The van der Waals surface area contributed by atoms with Gasteiger partial charge in [-0.05, 0) is 35.9 Å². The number of hydrogen-bond acceptors (Lipinski definition) is 4. The summed E-state index contributed by atoms with van der Waals surface area (Å²) < 4.78 is 5.47. The molecule has 0 saturated heterocycles. The lowest BCUT2D eigenvalue weighted by atomic mass is 10.1. The van der Waals surface area contributed by atoms with Gasteiger partial charge in [-0.25, -0.2) is 4.98 Å². The number of nitrogens with zero attached hydrogens (tertiary/aromatic N) is 2. The Bertz CT molecular complexity index is 1090. The fraction of sp³-hybridized carbons (Fsp3) is 0.105. The highest BCUT2D eigenvalue weighted by Crippen LogP contribution is 2.26. The van der Waals surface area contributed by atoms with Crippen LogP contribution in [-0.2, 0) is 6.42 Å². The van der Waals surface area contributed by atoms with E-state index in [1.54, 1.807) is 12.1 Å². The minimum Gasteiger partial charge on any atom is -0.493 e. The highest BCUT2D eigenvalue weighted by Gasteiger charge is 2.16. The van der Waals surface area contributed by atoms with Gasteiger partial charge in [-0.3, -0.25) is 9.89 Å². The molecule has 0 unspecified atom stereocenters. The molecule has 3 heterocycles. The van der Waals surface area contributed by atoms with Crippen molar-refractivity contribution in [1.29, 1.82) is 0 Å². The number of nitrogens with one attached hydrogen (secondary N) is 3. The van der Waals surface area contributed by atoms with E-state index in [0.717, 1.165) is 28.8 Å². The Morgan fingerprint density at radius 3 is 3.00 bits per heavy atom. The van der Waals surface area contributed by atoms with Gasteiger partial charge in [0.2, 0.25) is 0 Å². The average molecular weight is 345 g/mol. The van der Waals surface area contributed by atoms with Crippen LogP contribution < -0.4 is 10.1 Å². The van der Waals surface area contributed by atoms with E-state index in [4.69, 9.17) is 4.74 Å². The molecule has 26 heavy (non-hydrogen) atoms. The number of aromatic nitrogens is 4. The Kier molecular flexibility index (Phi) is 3.24. The molecule has 0 aliphatic carbocycles. The van der Waals surface area contributed by atoms with Gasteiger partial charge < -0.3 is 15.0 Å². The topological polar surface area (TPSA) is 95.7 Å². The van der Waals surface area contributed by atoms with Crippen LogP contribution >= 0.6 is 0 Å². The highest BCUT2D eigenvalue weighted by molar-refractivity contribution is 6.04. The van der Waals surface area contributed by atoms with E-state index in [2.05, 4.69) is 25.5 Å². The van der Waals surface area contributed by atoms with E-state index in [1.807, 2.05) is 36.4 Å². The van der Waals surface area contributed by atoms with E-state index in [-0.39, 0.29) is 5.91 Å². The summed E-state index contributed by atoms with van der Waals surface area (Å²) in [4.78, 5) is 20.2. The van der Waals surface area contributed by atoms with Crippen molar-refractivity contribution in [3.05, 3.63) is 59.7 Å². The normalized spacial score (nSPS) is 12.8. The number of carbonyl (C=O) groups is 1. The number of ether oxygens (including phenoxy) is 1. The summed E-state index contributed by atoms with van der Waals surface area (Å²) in [5.41, 5.74) is 4.18. The second-order valence-electron chi connectivity index (χ2n) is 6.14. The predicted molar refractivity (Wildman–Crippen MR) is 97.3 cm³/mol. The summed E-state index contributed by atoms with van der Waals surface area (Å²) in [5, 5.41) is 9.87. The number of para-hydroxylation sites is 2. The van der Waals surface area contributed by atoms with Crippen LogP contribution in [0.1, 0.15) is 15.9 Å². The molecule has 2 aromatic carbocycles. The first kappa shape index (κ1) is 14.7. The molecule has 1 aliphatic rings. The molecule has 0 saturated carbocycles. The fourth-order valence-corrected chi connectivity index (χ4v) is 3.10. The molecule has 0 atom stereocenters. The second kappa shape index (κ2) is 5.73. The van der Waals surface area contributed by atoms with Crippen molar-refractivity contribution >= 4 is 22.8 Å². The molecule has 2 aromatic heterocycles. The maximum absolute atomic E-state index is 12.5. The number of rotatable bonds is 3. The van der Waals surface area contributed by atoms with Crippen LogP contribution in [0.25, 0.3) is 22.6 Å². The molecule has 0 spiro atoms. The van der Waals surface area contributed by atoms with Crippen LogP contribution in [0.5, 0.6) is 5.75 Å². The molecule has 0 fully saturated rings. The van der Waals surface area contributed by atoms with Crippen molar-refractivity contribution in [2.45, 2.75) is 6.42 Å². The first-order chi connectivity index (χ1) is 12.8. The molecule has 3 N–H and O–H groups in total. The van der Waals surface area contributed by atoms with E-state index in [0.29, 0.717) is 29.5 Å². The quantitative estimate of drug-likeness (QED) is 0.531. The van der Waals surface area contributed by atoms with Crippen molar-refractivity contribution < 1.29 is 9.53 Å². The van der Waals surface area contributed by atoms with Crippen LogP contribution in [-0.4, -0.2) is 32.7 Å². The third kappa shape index (κ3) is 2.50. The van der Waals surface area contributed by atoms with Crippen LogP contribution in [0, 0.1) is 0 Å². The van der Waals surface area contributed by atoms with Crippen LogP contribution in [0.3, 0.4) is 0 Å². The third-order valence-corrected chi connectivity index (χ3v) is 4.42. The number of benzene rings is 2. The number of amides is 1. The lowest BCUT2D eigenvalue weighted by Gasteiger charge is -2.04. The largest absolute Gasteiger partial charge is 0.493 e. The third-order valence-electron chi connectivity index (χ3n) is 4.42. The average Bonchev–Trinajstić information content (AvgIpc) is 3.39. The van der Waals surface area contributed by atoms with E-state index in [1.165, 1.54) is 0 Å². The molecule has 7 heteroatoms. The van der Waals surface area contributed by atoms with Gasteiger partial charge in [0, 0.05) is 18.1 Å². The molecule has 7 nitrogen and oxygen atoms in total. The molecular formula is C19H15N5O2. The Labute approximate surface area is 148 Å². The number of fused-ring (bicyclic) bond motifs is 2. The van der Waals surface area contributed by atoms with Crippen molar-refractivity contribution in [2.75, 3.05) is 11.9 Å². The van der Waals surface area contributed by atoms with Gasteiger partial charge in [0.15, 0.2) is 11.6 Å². The minimum absolute atomic E-state index is 0.206. The SMILES string of the molecule is O=C(Nc1cc(-c2nc3ccccc3[nH]2)[nH]n1)c1ccc2c(c1)CCO2. The van der Waals surface area contributed by atoms with Crippen molar-refractivity contribution in [3.63, 3.8) is 0 Å². The molecule has 4 aromatic rings. The summed E-state index contributed by atoms with van der Waals surface area (Å²) in [5.74, 6) is 1.77. The predicted octanol–water partition coefficient (Wildman–Crippen LogP) is 3.14. The summed E-state index contributed by atoms with van der Waals surface area (Å²) in [7, 11) is 0. The maximum Gasteiger partial charge on any atom is 0.256 e. The zero-order chi connectivity index (χ0) is 17.5. The van der Waals surface area contributed by atoms with Crippen LogP contribution in [0.15, 0.2) is 48.5 Å². The number of hydrogen-bond donors (Lipinski definition) is 3. The summed E-state index contributed by atoms with van der Waals surface area (Å²) in [6.45, 7) is 0.667. The molecule has 0 bridgehead atoms. The summed E-state index contributed by atoms with van der Waals surface area (Å²) in [6, 6.07) is 15.0. The Hall–Kier alpha value is -3.61. The van der Waals surface area contributed by atoms with Gasteiger partial charge in [-0.2, -0.15) is 5.10 Å². The smallest absolute Gasteiger partial charge is 0.256 e. The van der Waals surface area contributed by atoms with E-state index >= 15 is 0 Å². The van der Waals surface area contributed by atoms with E-state index < -0.39 is 0 Å². The van der Waals surface area contributed by atoms with Crippen LogP contribution in [0.2, 0.25) is 0 Å². The van der Waals surface area contributed by atoms with Gasteiger partial charge >= 0.3 is 0 Å². The first-order valence-electron chi connectivity index (χ1n) is 8.34. The molecule has 128 valence electrons. The van der Waals surface area contributed by atoms with Crippen molar-refractivity contribution in [2.24, 2.45) is 0 Å². The molecule has 1 amide bonds. The maximum atomic E-state index is 12.5. The molecule has 0 radical (unpaired) electrons. The monoisotopic (exact) mass is 345 g/mol. The van der Waals surface area contributed by atoms with Gasteiger partial charge in [-0.15, -0.1) is 0 Å².